The molecule has 0 radical (unpaired) electrons. The van der Waals surface area contributed by atoms with Crippen LogP contribution < -0.4 is 4.74 Å². The van der Waals surface area contributed by atoms with Gasteiger partial charge in [0.15, 0.2) is 11.6 Å². The average molecular weight is 325 g/mol. The van der Waals surface area contributed by atoms with E-state index in [2.05, 4.69) is 15.2 Å². The number of methoxy groups -OCH3 is 1. The SMILES string of the molecule is COc1ccc(-c2nc(SCC(=O)c3ccccc3)n[nH]2)cc1. The first-order valence-corrected chi connectivity index (χ1v) is 8.02. The molecule has 0 saturated heterocycles. The van der Waals surface area contributed by atoms with Crippen LogP contribution in [-0.2, 0) is 0 Å². The number of aromatic amines is 1. The van der Waals surface area contributed by atoms with Crippen molar-refractivity contribution in [1.82, 2.24) is 15.2 Å². The molecule has 0 atom stereocenters. The van der Waals surface area contributed by atoms with Crippen molar-refractivity contribution in [2.45, 2.75) is 5.16 Å². The molecule has 5 nitrogen and oxygen atoms in total. The van der Waals surface area contributed by atoms with E-state index in [9.17, 15) is 4.79 Å². The fourth-order valence-electron chi connectivity index (χ4n) is 2.03. The predicted molar refractivity (Wildman–Crippen MR) is 89.9 cm³/mol. The first-order valence-electron chi connectivity index (χ1n) is 7.04. The fourth-order valence-corrected chi connectivity index (χ4v) is 2.72. The Bertz CT molecular complexity index is 785. The number of carbonyl (C=O) groups excluding carboxylic acids is 1. The van der Waals surface area contributed by atoms with Crippen molar-refractivity contribution in [3.63, 3.8) is 0 Å². The number of rotatable bonds is 6. The second kappa shape index (κ2) is 7.11. The Morgan fingerprint density at radius 2 is 1.87 bits per heavy atom. The van der Waals surface area contributed by atoms with Crippen molar-refractivity contribution < 1.29 is 9.53 Å². The average Bonchev–Trinajstić information content (AvgIpc) is 3.09. The van der Waals surface area contributed by atoms with Gasteiger partial charge in [-0.3, -0.25) is 9.89 Å². The largest absolute Gasteiger partial charge is 0.497 e. The topological polar surface area (TPSA) is 67.9 Å². The molecule has 1 aromatic heterocycles. The van der Waals surface area contributed by atoms with Gasteiger partial charge in [0, 0.05) is 11.1 Å². The van der Waals surface area contributed by atoms with Gasteiger partial charge in [-0.25, -0.2) is 4.98 Å². The molecular formula is C17H15N3O2S. The van der Waals surface area contributed by atoms with E-state index in [1.54, 1.807) is 7.11 Å². The molecule has 0 fully saturated rings. The minimum atomic E-state index is 0.0615. The van der Waals surface area contributed by atoms with Crippen LogP contribution in [0, 0.1) is 0 Å². The molecule has 2 aromatic carbocycles. The number of ether oxygens (including phenoxy) is 1. The van der Waals surface area contributed by atoms with Crippen LogP contribution in [0.15, 0.2) is 59.8 Å². The molecule has 3 rings (SSSR count). The number of nitrogens with zero attached hydrogens (tertiary/aromatic N) is 2. The van der Waals surface area contributed by atoms with Crippen molar-refractivity contribution >= 4 is 17.5 Å². The highest BCUT2D eigenvalue weighted by molar-refractivity contribution is 7.99. The number of hydrogen-bond donors (Lipinski definition) is 1. The van der Waals surface area contributed by atoms with Crippen LogP contribution >= 0.6 is 11.8 Å². The zero-order chi connectivity index (χ0) is 16.1. The van der Waals surface area contributed by atoms with E-state index in [0.717, 1.165) is 11.3 Å². The van der Waals surface area contributed by atoms with E-state index >= 15 is 0 Å². The molecule has 0 aliphatic rings. The van der Waals surface area contributed by atoms with E-state index in [-0.39, 0.29) is 5.78 Å². The Morgan fingerprint density at radius 1 is 1.13 bits per heavy atom. The highest BCUT2D eigenvalue weighted by Gasteiger charge is 2.10. The summed E-state index contributed by atoms with van der Waals surface area (Å²) in [5.74, 6) is 1.83. The Kier molecular flexibility index (Phi) is 4.73. The summed E-state index contributed by atoms with van der Waals surface area (Å²) < 4.78 is 5.13. The van der Waals surface area contributed by atoms with E-state index < -0.39 is 0 Å². The first kappa shape index (κ1) is 15.3. The van der Waals surface area contributed by atoms with Crippen LogP contribution in [0.5, 0.6) is 5.75 Å². The lowest BCUT2D eigenvalue weighted by atomic mass is 10.2. The maximum atomic E-state index is 12.1. The minimum absolute atomic E-state index is 0.0615. The lowest BCUT2D eigenvalue weighted by Crippen LogP contribution is -2.01. The number of nitrogens with one attached hydrogen (secondary N) is 1. The van der Waals surface area contributed by atoms with Crippen LogP contribution in [0.4, 0.5) is 0 Å². The summed E-state index contributed by atoms with van der Waals surface area (Å²) in [5.41, 5.74) is 1.62. The van der Waals surface area contributed by atoms with Gasteiger partial charge in [-0.15, -0.1) is 5.10 Å². The quantitative estimate of drug-likeness (QED) is 0.555. The number of carbonyl (C=O) groups is 1. The molecule has 0 aliphatic heterocycles. The van der Waals surface area contributed by atoms with Gasteiger partial charge in [-0.2, -0.15) is 0 Å². The molecule has 0 saturated carbocycles. The highest BCUT2D eigenvalue weighted by atomic mass is 32.2. The van der Waals surface area contributed by atoms with Gasteiger partial charge in [0.1, 0.15) is 5.75 Å². The molecule has 1 heterocycles. The van der Waals surface area contributed by atoms with Crippen molar-refractivity contribution in [3.05, 3.63) is 60.2 Å². The van der Waals surface area contributed by atoms with E-state index in [1.807, 2.05) is 54.6 Å². The van der Waals surface area contributed by atoms with Crippen molar-refractivity contribution in [2.75, 3.05) is 12.9 Å². The van der Waals surface area contributed by atoms with Crippen LogP contribution in [0.2, 0.25) is 0 Å². The Balaban J connectivity index is 1.64. The number of Topliss-reactive ketones (excluding diaryl/α,β-unsaturated/α-hetero) is 1. The van der Waals surface area contributed by atoms with Gasteiger partial charge in [0.2, 0.25) is 5.16 Å². The Labute approximate surface area is 138 Å². The first-order chi connectivity index (χ1) is 11.3. The van der Waals surface area contributed by atoms with Gasteiger partial charge in [0.25, 0.3) is 0 Å². The van der Waals surface area contributed by atoms with Crippen molar-refractivity contribution in [3.8, 4) is 17.1 Å². The molecule has 3 aromatic rings. The summed E-state index contributed by atoms with van der Waals surface area (Å²) in [7, 11) is 1.63. The van der Waals surface area contributed by atoms with Gasteiger partial charge in [0.05, 0.1) is 12.9 Å². The number of ketones is 1. The second-order valence-electron chi connectivity index (χ2n) is 4.77. The Morgan fingerprint density at radius 3 is 2.57 bits per heavy atom. The third-order valence-corrected chi connectivity index (χ3v) is 4.10. The van der Waals surface area contributed by atoms with Crippen LogP contribution in [-0.4, -0.2) is 33.8 Å². The number of H-pyrrole nitrogens is 1. The van der Waals surface area contributed by atoms with E-state index in [1.165, 1.54) is 11.8 Å². The smallest absolute Gasteiger partial charge is 0.209 e. The van der Waals surface area contributed by atoms with Gasteiger partial charge in [-0.1, -0.05) is 42.1 Å². The fraction of sp³-hybridized carbons (Fsp3) is 0.118. The summed E-state index contributed by atoms with van der Waals surface area (Å²) in [5, 5.41) is 7.59. The lowest BCUT2D eigenvalue weighted by Gasteiger charge is -2.00. The standard InChI is InChI=1S/C17H15N3O2S/c1-22-14-9-7-13(8-10-14)16-18-17(20-19-16)23-11-15(21)12-5-3-2-4-6-12/h2-10H,11H2,1H3,(H,18,19,20). The summed E-state index contributed by atoms with van der Waals surface area (Å²) in [6, 6.07) is 16.8. The molecule has 1 N–H and O–H groups in total. The molecule has 23 heavy (non-hydrogen) atoms. The van der Waals surface area contributed by atoms with E-state index in [0.29, 0.717) is 22.3 Å². The second-order valence-corrected chi connectivity index (χ2v) is 5.72. The van der Waals surface area contributed by atoms with Gasteiger partial charge >= 0.3 is 0 Å². The monoisotopic (exact) mass is 325 g/mol. The number of hydrogen-bond acceptors (Lipinski definition) is 5. The van der Waals surface area contributed by atoms with E-state index in [4.69, 9.17) is 4.74 Å². The summed E-state index contributed by atoms with van der Waals surface area (Å²) in [6.45, 7) is 0. The molecule has 116 valence electrons. The summed E-state index contributed by atoms with van der Waals surface area (Å²) >= 11 is 1.32. The molecule has 0 bridgehead atoms. The third-order valence-electron chi connectivity index (χ3n) is 3.26. The highest BCUT2D eigenvalue weighted by Crippen LogP contribution is 2.22. The third kappa shape index (κ3) is 3.78. The van der Waals surface area contributed by atoms with Gasteiger partial charge in [-0.05, 0) is 24.3 Å². The Hall–Kier alpha value is -2.60. The van der Waals surface area contributed by atoms with Crippen LogP contribution in [0.1, 0.15) is 10.4 Å². The zero-order valence-corrected chi connectivity index (χ0v) is 13.3. The van der Waals surface area contributed by atoms with Crippen LogP contribution in [0.3, 0.4) is 0 Å². The number of benzene rings is 2. The molecule has 6 heteroatoms. The van der Waals surface area contributed by atoms with Crippen LogP contribution in [0.25, 0.3) is 11.4 Å². The molecule has 0 unspecified atom stereocenters. The molecule has 0 spiro atoms. The number of aromatic nitrogens is 3. The van der Waals surface area contributed by atoms with Crippen molar-refractivity contribution in [1.29, 1.82) is 0 Å². The maximum Gasteiger partial charge on any atom is 0.209 e. The molecule has 0 amide bonds. The summed E-state index contributed by atoms with van der Waals surface area (Å²) in [4.78, 5) is 16.5. The lowest BCUT2D eigenvalue weighted by molar-refractivity contribution is 0.102. The molecule has 0 aliphatic carbocycles. The minimum Gasteiger partial charge on any atom is -0.497 e. The molecular weight excluding hydrogens is 310 g/mol. The maximum absolute atomic E-state index is 12.1. The zero-order valence-electron chi connectivity index (χ0n) is 12.5. The predicted octanol–water partition coefficient (Wildman–Crippen LogP) is 3.46. The van der Waals surface area contributed by atoms with Crippen molar-refractivity contribution in [2.24, 2.45) is 0 Å². The summed E-state index contributed by atoms with van der Waals surface area (Å²) in [6.07, 6.45) is 0. The van der Waals surface area contributed by atoms with Gasteiger partial charge < -0.3 is 4.74 Å². The number of thioether (sulfide) groups is 1. The normalized spacial score (nSPS) is 10.5.